The van der Waals surface area contributed by atoms with E-state index in [1.54, 1.807) is 13.0 Å². The first-order chi connectivity index (χ1) is 12.3. The van der Waals surface area contributed by atoms with Gasteiger partial charge < -0.3 is 11.5 Å². The molecule has 1 atom stereocenters. The fourth-order valence-corrected chi connectivity index (χ4v) is 3.38. The number of nitrogens with zero attached hydrogens (tertiary/aromatic N) is 3. The first kappa shape index (κ1) is 18.2. The van der Waals surface area contributed by atoms with E-state index in [0.29, 0.717) is 33.7 Å². The third kappa shape index (κ3) is 3.81. The molecule has 10 heteroatoms. The maximum Gasteiger partial charge on any atom is 0.246 e. The number of hydrogen-bond acceptors (Lipinski definition) is 7. The summed E-state index contributed by atoms with van der Waals surface area (Å²) < 4.78 is 14.0. The zero-order valence-electron chi connectivity index (χ0n) is 13.8. The predicted molar refractivity (Wildman–Crippen MR) is 96.5 cm³/mol. The number of aryl methyl sites for hydroxylation is 1. The number of aliphatic imine (C=N–C) groups is 1. The number of primary amides is 1. The zero-order valence-corrected chi connectivity index (χ0v) is 15.4. The van der Waals surface area contributed by atoms with Crippen molar-refractivity contribution in [1.82, 2.24) is 15.4 Å². The molecule has 8 nitrogen and oxygen atoms in total. The molecule has 1 amide bonds. The van der Waals surface area contributed by atoms with Crippen molar-refractivity contribution < 1.29 is 14.0 Å². The van der Waals surface area contributed by atoms with Gasteiger partial charge in [0.05, 0.1) is 23.0 Å². The number of amidine groups is 1. The van der Waals surface area contributed by atoms with Crippen LogP contribution in [0.1, 0.15) is 28.6 Å². The summed E-state index contributed by atoms with van der Waals surface area (Å²) in [6, 6.07) is 4.03. The summed E-state index contributed by atoms with van der Waals surface area (Å²) >= 11 is 3.36. The van der Waals surface area contributed by atoms with Gasteiger partial charge in [-0.25, -0.2) is 19.8 Å². The molecule has 136 valence electrons. The number of anilines is 1. The van der Waals surface area contributed by atoms with Crippen LogP contribution in [0.15, 0.2) is 27.7 Å². The number of carbonyl (C=O) groups is 1. The number of benzene rings is 1. The highest BCUT2D eigenvalue weighted by Gasteiger charge is 2.27. The van der Waals surface area contributed by atoms with Crippen LogP contribution >= 0.6 is 15.9 Å². The topological polar surface area (TPSA) is 129 Å². The molecule has 0 aliphatic carbocycles. The lowest BCUT2D eigenvalue weighted by molar-refractivity contribution is -0.123. The Morgan fingerprint density at radius 1 is 1.46 bits per heavy atom. The molecule has 1 aromatic heterocycles. The van der Waals surface area contributed by atoms with E-state index in [4.69, 9.17) is 16.3 Å². The van der Waals surface area contributed by atoms with Crippen LogP contribution in [-0.4, -0.2) is 28.3 Å². The molecular formula is C16H16BrFN6O2. The first-order valence-electron chi connectivity index (χ1n) is 7.67. The molecule has 0 bridgehead atoms. The number of halogens is 2. The lowest BCUT2D eigenvalue weighted by atomic mass is 9.95. The molecule has 0 spiro atoms. The second kappa shape index (κ2) is 7.34. The number of hydrogen-bond donors (Lipinski definition) is 3. The second-order valence-electron chi connectivity index (χ2n) is 5.71. The lowest BCUT2D eigenvalue weighted by Crippen LogP contribution is -2.34. The van der Waals surface area contributed by atoms with Gasteiger partial charge in [0.2, 0.25) is 11.9 Å². The SMILES string of the molecule is Cc1nc(N)nc2c1C(NOCC(N)=O)=NC(c1ccc(F)cc1Br)C2. The van der Waals surface area contributed by atoms with Crippen molar-refractivity contribution >= 4 is 33.6 Å². The number of carbonyl (C=O) groups excluding carboxylic acids is 1. The van der Waals surface area contributed by atoms with Crippen molar-refractivity contribution in [2.24, 2.45) is 10.7 Å². The molecule has 2 heterocycles. The lowest BCUT2D eigenvalue weighted by Gasteiger charge is -2.25. The Morgan fingerprint density at radius 3 is 2.92 bits per heavy atom. The molecule has 2 aromatic rings. The highest BCUT2D eigenvalue weighted by atomic mass is 79.9. The minimum atomic E-state index is -0.628. The largest absolute Gasteiger partial charge is 0.368 e. The average Bonchev–Trinajstić information content (AvgIpc) is 2.53. The van der Waals surface area contributed by atoms with Gasteiger partial charge in [0, 0.05) is 10.9 Å². The van der Waals surface area contributed by atoms with Gasteiger partial charge in [-0.05, 0) is 24.6 Å². The van der Waals surface area contributed by atoms with E-state index < -0.39 is 5.91 Å². The summed E-state index contributed by atoms with van der Waals surface area (Å²) in [6.45, 7) is 1.45. The zero-order chi connectivity index (χ0) is 18.8. The van der Waals surface area contributed by atoms with Gasteiger partial charge in [-0.1, -0.05) is 22.0 Å². The number of nitrogens with one attached hydrogen (secondary N) is 1. The van der Waals surface area contributed by atoms with Gasteiger partial charge in [-0.2, -0.15) is 0 Å². The molecule has 0 saturated carbocycles. The van der Waals surface area contributed by atoms with Crippen molar-refractivity contribution in [3.05, 3.63) is 51.0 Å². The van der Waals surface area contributed by atoms with E-state index in [9.17, 15) is 9.18 Å². The smallest absolute Gasteiger partial charge is 0.246 e. The summed E-state index contributed by atoms with van der Waals surface area (Å²) in [7, 11) is 0. The standard InChI is InChI=1S/C16H16BrFN6O2/c1-7-14-12(23-16(20)21-7)5-11(9-3-2-8(18)4-10(9)17)22-15(14)24-26-6-13(19)25/h2-4,11H,5-6H2,1H3,(H2,19,25)(H,22,24)(H2,20,21,23). The van der Waals surface area contributed by atoms with Crippen molar-refractivity contribution in [3.63, 3.8) is 0 Å². The van der Waals surface area contributed by atoms with E-state index in [-0.39, 0.29) is 24.4 Å². The van der Waals surface area contributed by atoms with Crippen LogP contribution in [0.5, 0.6) is 0 Å². The van der Waals surface area contributed by atoms with Crippen molar-refractivity contribution in [3.8, 4) is 0 Å². The van der Waals surface area contributed by atoms with Gasteiger partial charge in [0.15, 0.2) is 12.4 Å². The Morgan fingerprint density at radius 2 is 2.23 bits per heavy atom. The molecule has 3 rings (SSSR count). The Labute approximate surface area is 156 Å². The number of fused-ring (bicyclic) bond motifs is 1. The molecular weight excluding hydrogens is 407 g/mol. The molecule has 0 radical (unpaired) electrons. The quantitative estimate of drug-likeness (QED) is 0.637. The Kier molecular flexibility index (Phi) is 5.14. The van der Waals surface area contributed by atoms with E-state index >= 15 is 0 Å². The summed E-state index contributed by atoms with van der Waals surface area (Å²) in [5, 5.41) is 0. The third-order valence-corrected chi connectivity index (χ3v) is 4.48. The maximum atomic E-state index is 13.4. The number of nitrogens with two attached hydrogens (primary N) is 2. The van der Waals surface area contributed by atoms with Crippen LogP contribution in [0.3, 0.4) is 0 Å². The van der Waals surface area contributed by atoms with E-state index in [2.05, 4.69) is 36.4 Å². The Balaban J connectivity index is 2.01. The number of aromatic nitrogens is 2. The third-order valence-electron chi connectivity index (χ3n) is 3.80. The number of hydroxylamine groups is 1. The fraction of sp³-hybridized carbons (Fsp3) is 0.250. The minimum Gasteiger partial charge on any atom is -0.368 e. The molecule has 1 aliphatic rings. The van der Waals surface area contributed by atoms with Gasteiger partial charge in [-0.3, -0.25) is 14.6 Å². The molecule has 26 heavy (non-hydrogen) atoms. The summed E-state index contributed by atoms with van der Waals surface area (Å²) in [5.74, 6) is -0.479. The normalized spacial score (nSPS) is 16.0. The molecule has 1 aromatic carbocycles. The number of nitrogen functional groups attached to an aromatic ring is 1. The van der Waals surface area contributed by atoms with E-state index in [1.165, 1.54) is 12.1 Å². The summed E-state index contributed by atoms with van der Waals surface area (Å²) in [5.41, 5.74) is 16.2. The van der Waals surface area contributed by atoms with Crippen molar-refractivity contribution in [2.75, 3.05) is 12.3 Å². The van der Waals surface area contributed by atoms with Crippen LogP contribution in [-0.2, 0) is 16.1 Å². The Hall–Kier alpha value is -2.59. The van der Waals surface area contributed by atoms with Crippen LogP contribution in [0.2, 0.25) is 0 Å². The predicted octanol–water partition coefficient (Wildman–Crippen LogP) is 1.32. The van der Waals surface area contributed by atoms with Crippen LogP contribution in [0.4, 0.5) is 10.3 Å². The highest BCUT2D eigenvalue weighted by Crippen LogP contribution is 2.34. The van der Waals surface area contributed by atoms with Crippen LogP contribution < -0.4 is 16.9 Å². The van der Waals surface area contributed by atoms with Gasteiger partial charge in [0.25, 0.3) is 0 Å². The highest BCUT2D eigenvalue weighted by molar-refractivity contribution is 9.10. The van der Waals surface area contributed by atoms with Gasteiger partial charge in [0.1, 0.15) is 5.82 Å². The van der Waals surface area contributed by atoms with Crippen LogP contribution in [0.25, 0.3) is 0 Å². The second-order valence-corrected chi connectivity index (χ2v) is 6.56. The number of rotatable bonds is 4. The fourth-order valence-electron chi connectivity index (χ4n) is 2.76. The van der Waals surface area contributed by atoms with Gasteiger partial charge >= 0.3 is 0 Å². The Bertz CT molecular complexity index is 905. The molecule has 0 saturated heterocycles. The molecule has 5 N–H and O–H groups in total. The molecule has 1 unspecified atom stereocenters. The first-order valence-corrected chi connectivity index (χ1v) is 8.46. The van der Waals surface area contributed by atoms with E-state index in [1.807, 2.05) is 0 Å². The minimum absolute atomic E-state index is 0.150. The molecule has 1 aliphatic heterocycles. The molecule has 0 fully saturated rings. The van der Waals surface area contributed by atoms with Gasteiger partial charge in [-0.15, -0.1) is 0 Å². The summed E-state index contributed by atoms with van der Waals surface area (Å²) in [6.07, 6.45) is 0.453. The monoisotopic (exact) mass is 422 g/mol. The summed E-state index contributed by atoms with van der Waals surface area (Å²) in [4.78, 5) is 29.1. The average molecular weight is 423 g/mol. The maximum absolute atomic E-state index is 13.4. The van der Waals surface area contributed by atoms with E-state index in [0.717, 1.165) is 5.56 Å². The van der Waals surface area contributed by atoms with Crippen LogP contribution in [0, 0.1) is 12.7 Å². The van der Waals surface area contributed by atoms with Crippen molar-refractivity contribution in [2.45, 2.75) is 19.4 Å². The van der Waals surface area contributed by atoms with Crippen molar-refractivity contribution in [1.29, 1.82) is 0 Å². The number of amides is 1.